The number of rotatable bonds is 5. The fourth-order valence-corrected chi connectivity index (χ4v) is 3.33. The molecular formula is C16H20N2O4S. The Hall–Kier alpha value is -2.02. The molecule has 1 aromatic carbocycles. The maximum Gasteiger partial charge on any atom is 0.329 e. The highest BCUT2D eigenvalue weighted by molar-refractivity contribution is 8.00. The highest BCUT2D eigenvalue weighted by atomic mass is 32.2. The normalized spacial score (nSPS) is 20.5. The molecular weight excluding hydrogens is 316 g/mol. The van der Waals surface area contributed by atoms with Crippen molar-refractivity contribution in [3.63, 3.8) is 0 Å². The first kappa shape index (κ1) is 17.3. The summed E-state index contributed by atoms with van der Waals surface area (Å²) in [7, 11) is 0. The summed E-state index contributed by atoms with van der Waals surface area (Å²) < 4.78 is 4.89. The lowest BCUT2D eigenvalue weighted by Crippen LogP contribution is -2.51. The Bertz CT molecular complexity index is 605. The highest BCUT2D eigenvalue weighted by Crippen LogP contribution is 2.22. The first-order valence-electron chi connectivity index (χ1n) is 7.45. The number of amides is 2. The SMILES string of the molecule is CCOC(=O)[C@@H]1CS[C@H](CC(=O)Nc2ccccc2C)C(=O)N1. The number of carbonyl (C=O) groups excluding carboxylic acids is 3. The number of hydrogen-bond acceptors (Lipinski definition) is 5. The molecule has 2 atom stereocenters. The molecule has 0 bridgehead atoms. The van der Waals surface area contributed by atoms with E-state index in [2.05, 4.69) is 10.6 Å². The zero-order valence-electron chi connectivity index (χ0n) is 13.1. The van der Waals surface area contributed by atoms with Crippen LogP contribution in [0.3, 0.4) is 0 Å². The summed E-state index contributed by atoms with van der Waals surface area (Å²) in [5.74, 6) is -0.552. The molecule has 1 saturated heterocycles. The summed E-state index contributed by atoms with van der Waals surface area (Å²) in [6.45, 7) is 3.90. The Labute approximate surface area is 139 Å². The second kappa shape index (κ2) is 8.01. The van der Waals surface area contributed by atoms with Crippen molar-refractivity contribution in [3.8, 4) is 0 Å². The standard InChI is InChI=1S/C16H20N2O4S/c1-3-22-16(21)12-9-23-13(15(20)18-12)8-14(19)17-11-7-5-4-6-10(11)2/h4-7,12-13H,3,8-9H2,1-2H3,(H,17,19)(H,18,20)/t12-,13+/m0/s1. The maximum absolute atomic E-state index is 12.1. The van der Waals surface area contributed by atoms with Gasteiger partial charge in [-0.15, -0.1) is 11.8 Å². The van der Waals surface area contributed by atoms with Crippen LogP contribution in [0.5, 0.6) is 0 Å². The van der Waals surface area contributed by atoms with Crippen molar-refractivity contribution in [2.45, 2.75) is 31.6 Å². The first-order valence-corrected chi connectivity index (χ1v) is 8.50. The van der Waals surface area contributed by atoms with Crippen LogP contribution in [0.4, 0.5) is 5.69 Å². The average molecular weight is 336 g/mol. The molecule has 0 unspecified atom stereocenters. The molecule has 0 saturated carbocycles. The van der Waals surface area contributed by atoms with Crippen LogP contribution in [0.15, 0.2) is 24.3 Å². The van der Waals surface area contributed by atoms with E-state index in [-0.39, 0.29) is 24.8 Å². The quantitative estimate of drug-likeness (QED) is 0.796. The van der Waals surface area contributed by atoms with Crippen LogP contribution in [0.25, 0.3) is 0 Å². The lowest BCUT2D eigenvalue weighted by atomic mass is 10.2. The van der Waals surface area contributed by atoms with E-state index in [9.17, 15) is 14.4 Å². The average Bonchev–Trinajstić information content (AvgIpc) is 2.52. The predicted molar refractivity (Wildman–Crippen MR) is 89.2 cm³/mol. The number of carbonyl (C=O) groups is 3. The predicted octanol–water partition coefficient (Wildman–Crippen LogP) is 1.49. The summed E-state index contributed by atoms with van der Waals surface area (Å²) in [5, 5.41) is 4.93. The third kappa shape index (κ3) is 4.72. The summed E-state index contributed by atoms with van der Waals surface area (Å²) in [4.78, 5) is 35.8. The van der Waals surface area contributed by atoms with Crippen LogP contribution in [-0.4, -0.2) is 41.4 Å². The van der Waals surface area contributed by atoms with Crippen LogP contribution < -0.4 is 10.6 Å². The van der Waals surface area contributed by atoms with Gasteiger partial charge in [-0.25, -0.2) is 4.79 Å². The Morgan fingerprint density at radius 3 is 2.78 bits per heavy atom. The molecule has 2 amide bonds. The van der Waals surface area contributed by atoms with Crippen molar-refractivity contribution in [3.05, 3.63) is 29.8 Å². The molecule has 1 fully saturated rings. The number of benzene rings is 1. The first-order chi connectivity index (χ1) is 11.0. The molecule has 1 heterocycles. The van der Waals surface area contributed by atoms with Gasteiger partial charge in [-0.2, -0.15) is 0 Å². The summed E-state index contributed by atoms with van der Waals surface area (Å²) in [6.07, 6.45) is 0.0698. The Morgan fingerprint density at radius 1 is 1.39 bits per heavy atom. The number of para-hydroxylation sites is 1. The monoisotopic (exact) mass is 336 g/mol. The van der Waals surface area contributed by atoms with Crippen LogP contribution in [0.2, 0.25) is 0 Å². The van der Waals surface area contributed by atoms with Gasteiger partial charge in [0.1, 0.15) is 6.04 Å². The van der Waals surface area contributed by atoms with Gasteiger partial charge in [-0.1, -0.05) is 18.2 Å². The van der Waals surface area contributed by atoms with E-state index in [1.165, 1.54) is 11.8 Å². The number of thioether (sulfide) groups is 1. The molecule has 0 spiro atoms. The lowest BCUT2D eigenvalue weighted by Gasteiger charge is -2.27. The third-order valence-corrected chi connectivity index (χ3v) is 4.74. The number of aryl methyl sites for hydroxylation is 1. The molecule has 6 nitrogen and oxygen atoms in total. The minimum absolute atomic E-state index is 0.0698. The van der Waals surface area contributed by atoms with Crippen LogP contribution in [-0.2, 0) is 19.1 Å². The summed E-state index contributed by atoms with van der Waals surface area (Å²) in [6, 6.07) is 6.82. The molecule has 2 rings (SSSR count). The number of esters is 1. The van der Waals surface area contributed by atoms with Gasteiger partial charge in [-0.05, 0) is 25.5 Å². The molecule has 0 aliphatic carbocycles. The van der Waals surface area contributed by atoms with E-state index < -0.39 is 17.3 Å². The molecule has 124 valence electrons. The fraction of sp³-hybridized carbons (Fsp3) is 0.438. The maximum atomic E-state index is 12.1. The van der Waals surface area contributed by atoms with Gasteiger partial charge in [0, 0.05) is 17.9 Å². The van der Waals surface area contributed by atoms with Crippen LogP contribution in [0, 0.1) is 6.92 Å². The van der Waals surface area contributed by atoms with Crippen molar-refractivity contribution in [2.75, 3.05) is 17.7 Å². The van der Waals surface area contributed by atoms with Crippen molar-refractivity contribution in [1.29, 1.82) is 0 Å². The molecule has 1 aromatic rings. The van der Waals surface area contributed by atoms with Gasteiger partial charge in [0.25, 0.3) is 0 Å². The Kier molecular flexibility index (Phi) is 6.04. The van der Waals surface area contributed by atoms with Gasteiger partial charge < -0.3 is 15.4 Å². The second-order valence-corrected chi connectivity index (χ2v) is 6.44. The van der Waals surface area contributed by atoms with Gasteiger partial charge in [-0.3, -0.25) is 9.59 Å². The van der Waals surface area contributed by atoms with Crippen molar-refractivity contribution in [1.82, 2.24) is 5.32 Å². The van der Waals surface area contributed by atoms with E-state index in [0.717, 1.165) is 11.3 Å². The molecule has 2 N–H and O–H groups in total. The van der Waals surface area contributed by atoms with Crippen LogP contribution in [0.1, 0.15) is 18.9 Å². The topological polar surface area (TPSA) is 84.5 Å². The number of ether oxygens (including phenoxy) is 1. The van der Waals surface area contributed by atoms with Gasteiger partial charge in [0.05, 0.1) is 11.9 Å². The molecule has 7 heteroatoms. The van der Waals surface area contributed by atoms with Crippen LogP contribution >= 0.6 is 11.8 Å². The number of hydrogen-bond donors (Lipinski definition) is 2. The highest BCUT2D eigenvalue weighted by Gasteiger charge is 2.34. The van der Waals surface area contributed by atoms with E-state index in [1.54, 1.807) is 6.92 Å². The minimum atomic E-state index is -0.636. The lowest BCUT2D eigenvalue weighted by molar-refractivity contribution is -0.146. The molecule has 23 heavy (non-hydrogen) atoms. The second-order valence-electron chi connectivity index (χ2n) is 5.20. The smallest absolute Gasteiger partial charge is 0.329 e. The van der Waals surface area contributed by atoms with E-state index in [1.807, 2.05) is 31.2 Å². The van der Waals surface area contributed by atoms with Gasteiger partial charge >= 0.3 is 5.97 Å². The zero-order chi connectivity index (χ0) is 16.8. The fourth-order valence-electron chi connectivity index (χ4n) is 2.20. The number of nitrogens with one attached hydrogen (secondary N) is 2. The summed E-state index contributed by atoms with van der Waals surface area (Å²) in [5.41, 5.74) is 1.70. The van der Waals surface area contributed by atoms with Crippen molar-refractivity contribution >= 4 is 35.2 Å². The third-order valence-electron chi connectivity index (χ3n) is 3.43. The van der Waals surface area contributed by atoms with Gasteiger partial charge in [0.15, 0.2) is 0 Å². The molecule has 1 aliphatic rings. The Morgan fingerprint density at radius 2 is 2.13 bits per heavy atom. The minimum Gasteiger partial charge on any atom is -0.464 e. The molecule has 0 aromatic heterocycles. The zero-order valence-corrected chi connectivity index (χ0v) is 13.9. The van der Waals surface area contributed by atoms with E-state index in [4.69, 9.17) is 4.74 Å². The van der Waals surface area contributed by atoms with Crippen molar-refractivity contribution in [2.24, 2.45) is 0 Å². The van der Waals surface area contributed by atoms with Gasteiger partial charge in [0.2, 0.25) is 11.8 Å². The van der Waals surface area contributed by atoms with E-state index >= 15 is 0 Å². The molecule has 0 radical (unpaired) electrons. The Balaban J connectivity index is 1.87. The van der Waals surface area contributed by atoms with Crippen molar-refractivity contribution < 1.29 is 19.1 Å². The summed E-state index contributed by atoms with van der Waals surface area (Å²) >= 11 is 1.30. The van der Waals surface area contributed by atoms with E-state index in [0.29, 0.717) is 5.75 Å². The largest absolute Gasteiger partial charge is 0.464 e. The molecule has 1 aliphatic heterocycles. The number of anilines is 1.